The molecule has 3 aromatic rings. The molecule has 0 aliphatic carbocycles. The highest BCUT2D eigenvalue weighted by Gasteiger charge is 2.16. The van der Waals surface area contributed by atoms with E-state index in [2.05, 4.69) is 0 Å². The highest BCUT2D eigenvalue weighted by atomic mass is 35.5. The number of nitro groups is 1. The number of benzene rings is 2. The molecule has 1 aromatic heterocycles. The van der Waals surface area contributed by atoms with Crippen LogP contribution in [0.25, 0.3) is 10.9 Å². The van der Waals surface area contributed by atoms with Crippen LogP contribution < -0.4 is 0 Å². The zero-order chi connectivity index (χ0) is 15.0. The molecule has 0 radical (unpaired) electrons. The molecule has 0 N–H and O–H groups in total. The second kappa shape index (κ2) is 5.18. The average Bonchev–Trinajstić information content (AvgIpc) is 2.86. The van der Waals surface area contributed by atoms with Gasteiger partial charge in [0.25, 0.3) is 5.69 Å². The molecule has 0 fully saturated rings. The van der Waals surface area contributed by atoms with Crippen molar-refractivity contribution in [2.24, 2.45) is 0 Å². The predicted molar refractivity (Wildman–Crippen MR) is 79.1 cm³/mol. The van der Waals surface area contributed by atoms with Gasteiger partial charge in [0, 0.05) is 29.2 Å². The summed E-state index contributed by atoms with van der Waals surface area (Å²) in [6.45, 7) is 0.269. The van der Waals surface area contributed by atoms with E-state index in [9.17, 15) is 14.5 Å². The lowest BCUT2D eigenvalue weighted by Crippen LogP contribution is -2.01. The van der Waals surface area contributed by atoms with Crippen molar-refractivity contribution in [3.63, 3.8) is 0 Å². The molecule has 21 heavy (non-hydrogen) atoms. The van der Waals surface area contributed by atoms with Crippen LogP contribution in [0.4, 0.5) is 10.1 Å². The van der Waals surface area contributed by atoms with Gasteiger partial charge >= 0.3 is 0 Å². The second-order valence-electron chi connectivity index (χ2n) is 4.65. The molecule has 2 aromatic carbocycles. The van der Waals surface area contributed by atoms with Gasteiger partial charge in [0.2, 0.25) is 0 Å². The molecular formula is C15H10ClFN2O2. The number of nitro benzene ring substituents is 1. The van der Waals surface area contributed by atoms with Gasteiger partial charge < -0.3 is 4.57 Å². The molecule has 1 heterocycles. The van der Waals surface area contributed by atoms with Crippen LogP contribution >= 0.6 is 11.6 Å². The summed E-state index contributed by atoms with van der Waals surface area (Å²) in [6.07, 6.45) is 1.74. The van der Waals surface area contributed by atoms with E-state index in [0.717, 1.165) is 5.39 Å². The molecule has 0 aliphatic rings. The summed E-state index contributed by atoms with van der Waals surface area (Å²) >= 11 is 6.05. The molecule has 0 aliphatic heterocycles. The molecule has 3 rings (SSSR count). The molecule has 0 atom stereocenters. The quantitative estimate of drug-likeness (QED) is 0.532. The Morgan fingerprint density at radius 3 is 2.81 bits per heavy atom. The van der Waals surface area contributed by atoms with Crippen LogP contribution in [0.2, 0.25) is 5.02 Å². The van der Waals surface area contributed by atoms with E-state index in [-0.39, 0.29) is 18.0 Å². The van der Waals surface area contributed by atoms with E-state index in [0.29, 0.717) is 16.1 Å². The lowest BCUT2D eigenvalue weighted by Gasteiger charge is -2.08. The summed E-state index contributed by atoms with van der Waals surface area (Å²) in [5.41, 5.74) is 1.10. The van der Waals surface area contributed by atoms with Crippen molar-refractivity contribution in [3.05, 3.63) is 75.2 Å². The smallest absolute Gasteiger partial charge is 0.293 e. The Hall–Kier alpha value is -2.40. The first-order chi connectivity index (χ1) is 10.1. The Balaban J connectivity index is 2.13. The zero-order valence-electron chi connectivity index (χ0n) is 10.8. The van der Waals surface area contributed by atoms with E-state index in [4.69, 9.17) is 11.6 Å². The van der Waals surface area contributed by atoms with Crippen molar-refractivity contribution in [3.8, 4) is 0 Å². The number of hydrogen-bond donors (Lipinski definition) is 0. The van der Waals surface area contributed by atoms with Gasteiger partial charge in [-0.15, -0.1) is 0 Å². The van der Waals surface area contributed by atoms with Crippen molar-refractivity contribution in [2.45, 2.75) is 6.54 Å². The van der Waals surface area contributed by atoms with Crippen molar-refractivity contribution >= 4 is 28.2 Å². The summed E-state index contributed by atoms with van der Waals surface area (Å²) < 4.78 is 15.0. The number of rotatable bonds is 3. The van der Waals surface area contributed by atoms with Gasteiger partial charge in [-0.05, 0) is 29.8 Å². The molecular weight excluding hydrogens is 295 g/mol. The zero-order valence-corrected chi connectivity index (χ0v) is 11.5. The summed E-state index contributed by atoms with van der Waals surface area (Å²) in [6, 6.07) is 10.8. The van der Waals surface area contributed by atoms with Crippen molar-refractivity contribution in [2.75, 3.05) is 0 Å². The lowest BCUT2D eigenvalue weighted by atomic mass is 10.2. The van der Waals surface area contributed by atoms with E-state index in [1.807, 2.05) is 0 Å². The van der Waals surface area contributed by atoms with E-state index >= 15 is 0 Å². The third-order valence-corrected chi connectivity index (χ3v) is 3.68. The number of aromatic nitrogens is 1. The maximum atomic E-state index is 13.3. The number of non-ortho nitro benzene ring substituents is 1. The molecule has 0 unspecified atom stereocenters. The third-order valence-electron chi connectivity index (χ3n) is 3.31. The third kappa shape index (κ3) is 2.48. The Bertz CT molecular complexity index is 845. The number of halogens is 2. The highest BCUT2D eigenvalue weighted by Crippen LogP contribution is 2.28. The first kappa shape index (κ1) is 13.6. The molecule has 0 amide bonds. The molecule has 0 saturated carbocycles. The largest absolute Gasteiger partial charge is 0.337 e. The van der Waals surface area contributed by atoms with Crippen molar-refractivity contribution in [1.29, 1.82) is 0 Å². The fraction of sp³-hybridized carbons (Fsp3) is 0.0667. The Kier molecular flexibility index (Phi) is 3.35. The van der Waals surface area contributed by atoms with Gasteiger partial charge in [0.05, 0.1) is 4.92 Å². The number of nitrogens with zero attached hydrogens (tertiary/aromatic N) is 2. The number of hydrogen-bond acceptors (Lipinski definition) is 2. The molecule has 0 bridgehead atoms. The molecule has 0 spiro atoms. The average molecular weight is 305 g/mol. The first-order valence-corrected chi connectivity index (χ1v) is 6.60. The summed E-state index contributed by atoms with van der Waals surface area (Å²) in [7, 11) is 0. The van der Waals surface area contributed by atoms with Gasteiger partial charge in [0.15, 0.2) is 0 Å². The van der Waals surface area contributed by atoms with E-state index in [1.54, 1.807) is 29.0 Å². The van der Waals surface area contributed by atoms with E-state index < -0.39 is 4.92 Å². The highest BCUT2D eigenvalue weighted by molar-refractivity contribution is 6.31. The summed E-state index contributed by atoms with van der Waals surface area (Å²) in [5, 5.41) is 12.3. The summed E-state index contributed by atoms with van der Waals surface area (Å²) in [5.74, 6) is -0.389. The van der Waals surface area contributed by atoms with Crippen molar-refractivity contribution < 1.29 is 9.31 Å². The van der Waals surface area contributed by atoms with Crippen LogP contribution in [0.15, 0.2) is 48.7 Å². The molecule has 106 valence electrons. The Morgan fingerprint density at radius 1 is 1.24 bits per heavy atom. The maximum absolute atomic E-state index is 13.3. The maximum Gasteiger partial charge on any atom is 0.293 e. The fourth-order valence-corrected chi connectivity index (χ4v) is 2.55. The standard InChI is InChI=1S/C15H10ClFN2O2/c16-13-5-4-12(17)8-11(13)9-18-7-6-10-2-1-3-14(15(10)18)19(20)21/h1-8H,9H2. The predicted octanol–water partition coefficient (Wildman–Crippen LogP) is 4.39. The molecule has 4 nitrogen and oxygen atoms in total. The SMILES string of the molecule is O=[N+]([O-])c1cccc2ccn(Cc3cc(F)ccc3Cl)c12. The molecule has 0 saturated heterocycles. The van der Waals surface area contributed by atoms with Crippen LogP contribution in [0.3, 0.4) is 0 Å². The Labute approximate surface area is 124 Å². The Morgan fingerprint density at radius 2 is 2.05 bits per heavy atom. The van der Waals surface area contributed by atoms with Crippen molar-refractivity contribution in [1.82, 2.24) is 4.57 Å². The number of fused-ring (bicyclic) bond motifs is 1. The molecule has 6 heteroatoms. The van der Waals surface area contributed by atoms with Gasteiger partial charge in [0.1, 0.15) is 11.3 Å². The van der Waals surface area contributed by atoms with Crippen LogP contribution in [-0.4, -0.2) is 9.49 Å². The normalized spacial score (nSPS) is 11.0. The fourth-order valence-electron chi connectivity index (χ4n) is 2.37. The van der Waals surface area contributed by atoms with Crippen LogP contribution in [0, 0.1) is 15.9 Å². The first-order valence-electron chi connectivity index (χ1n) is 6.22. The van der Waals surface area contributed by atoms with Gasteiger partial charge in [-0.3, -0.25) is 10.1 Å². The minimum Gasteiger partial charge on any atom is -0.337 e. The minimum absolute atomic E-state index is 0.0185. The lowest BCUT2D eigenvalue weighted by molar-refractivity contribution is -0.383. The topological polar surface area (TPSA) is 48.1 Å². The van der Waals surface area contributed by atoms with Crippen LogP contribution in [0.1, 0.15) is 5.56 Å². The van der Waals surface area contributed by atoms with Crippen LogP contribution in [-0.2, 0) is 6.54 Å². The minimum atomic E-state index is -0.425. The van der Waals surface area contributed by atoms with Crippen LogP contribution in [0.5, 0.6) is 0 Å². The van der Waals surface area contributed by atoms with Gasteiger partial charge in [-0.2, -0.15) is 0 Å². The summed E-state index contributed by atoms with van der Waals surface area (Å²) in [4.78, 5) is 10.7. The van der Waals surface area contributed by atoms with E-state index in [1.165, 1.54) is 24.3 Å². The van der Waals surface area contributed by atoms with Gasteiger partial charge in [-0.1, -0.05) is 23.7 Å². The van der Waals surface area contributed by atoms with Gasteiger partial charge in [-0.25, -0.2) is 4.39 Å². The second-order valence-corrected chi connectivity index (χ2v) is 5.06. The monoisotopic (exact) mass is 304 g/mol. The number of para-hydroxylation sites is 1.